The number of rotatable bonds is 9. The molecular weight excluding hydrogens is 398 g/mol. The average Bonchev–Trinajstić information content (AvgIpc) is 2.77. The van der Waals surface area contributed by atoms with Gasteiger partial charge in [0.05, 0.1) is 12.3 Å². The van der Waals surface area contributed by atoms with E-state index in [4.69, 9.17) is 19.7 Å². The number of amides is 1. The quantitative estimate of drug-likeness (QED) is 0.439. The number of para-hydroxylation sites is 1. The molecule has 3 N–H and O–H groups in total. The van der Waals surface area contributed by atoms with Crippen molar-refractivity contribution in [2.24, 2.45) is 0 Å². The summed E-state index contributed by atoms with van der Waals surface area (Å²) < 4.78 is 11.2. The SMILES string of the molecule is O=C(O)/C=C/C[C@H](OC(=O)Nc1cccc2ccccc12)c1ccccc1OCCO. The Morgan fingerprint density at radius 2 is 1.74 bits per heavy atom. The molecular formula is C24H23NO6. The van der Waals surface area contributed by atoms with Gasteiger partial charge in [-0.25, -0.2) is 9.59 Å². The van der Waals surface area contributed by atoms with Crippen LogP contribution >= 0.6 is 0 Å². The van der Waals surface area contributed by atoms with Crippen LogP contribution in [0, 0.1) is 0 Å². The molecule has 0 unspecified atom stereocenters. The summed E-state index contributed by atoms with van der Waals surface area (Å²) in [4.78, 5) is 23.6. The van der Waals surface area contributed by atoms with Gasteiger partial charge in [-0.15, -0.1) is 0 Å². The second-order valence-corrected chi connectivity index (χ2v) is 6.63. The fourth-order valence-electron chi connectivity index (χ4n) is 3.17. The number of ether oxygens (including phenoxy) is 2. The van der Waals surface area contributed by atoms with Gasteiger partial charge in [-0.3, -0.25) is 5.32 Å². The van der Waals surface area contributed by atoms with Gasteiger partial charge in [0.2, 0.25) is 0 Å². The molecule has 0 fully saturated rings. The molecule has 1 atom stereocenters. The van der Waals surface area contributed by atoms with Crippen LogP contribution in [-0.4, -0.2) is 35.5 Å². The molecule has 0 aliphatic carbocycles. The predicted molar refractivity (Wildman–Crippen MR) is 117 cm³/mol. The molecule has 0 spiro atoms. The Hall–Kier alpha value is -3.84. The van der Waals surface area contributed by atoms with Gasteiger partial charge in [0.1, 0.15) is 18.5 Å². The maximum absolute atomic E-state index is 12.7. The zero-order valence-corrected chi connectivity index (χ0v) is 16.7. The summed E-state index contributed by atoms with van der Waals surface area (Å²) in [5.74, 6) is -0.646. The fourth-order valence-corrected chi connectivity index (χ4v) is 3.17. The minimum absolute atomic E-state index is 0.0803. The Balaban J connectivity index is 1.83. The smallest absolute Gasteiger partial charge is 0.412 e. The number of hydrogen-bond acceptors (Lipinski definition) is 5. The van der Waals surface area contributed by atoms with Crippen molar-refractivity contribution in [1.82, 2.24) is 0 Å². The van der Waals surface area contributed by atoms with Crippen molar-refractivity contribution in [2.75, 3.05) is 18.5 Å². The molecule has 31 heavy (non-hydrogen) atoms. The van der Waals surface area contributed by atoms with Crippen molar-refractivity contribution in [3.63, 3.8) is 0 Å². The number of benzene rings is 3. The number of hydrogen-bond donors (Lipinski definition) is 3. The summed E-state index contributed by atoms with van der Waals surface area (Å²) in [6, 6.07) is 20.2. The van der Waals surface area contributed by atoms with Crippen LogP contribution in [0.5, 0.6) is 5.75 Å². The summed E-state index contributed by atoms with van der Waals surface area (Å²) >= 11 is 0. The first-order chi connectivity index (χ1) is 15.1. The van der Waals surface area contributed by atoms with Crippen molar-refractivity contribution < 1.29 is 29.3 Å². The molecule has 0 aliphatic rings. The van der Waals surface area contributed by atoms with E-state index in [0.29, 0.717) is 17.0 Å². The number of anilines is 1. The zero-order valence-electron chi connectivity index (χ0n) is 16.7. The van der Waals surface area contributed by atoms with Crippen LogP contribution in [0.4, 0.5) is 10.5 Å². The third-order valence-electron chi connectivity index (χ3n) is 4.50. The molecule has 0 radical (unpaired) electrons. The number of nitrogens with one attached hydrogen (secondary N) is 1. The minimum Gasteiger partial charge on any atom is -0.491 e. The Morgan fingerprint density at radius 1 is 1.00 bits per heavy atom. The second kappa shape index (κ2) is 10.8. The monoisotopic (exact) mass is 421 g/mol. The summed E-state index contributed by atoms with van der Waals surface area (Å²) in [7, 11) is 0. The van der Waals surface area contributed by atoms with E-state index in [1.54, 1.807) is 30.3 Å². The van der Waals surface area contributed by atoms with E-state index < -0.39 is 18.2 Å². The second-order valence-electron chi connectivity index (χ2n) is 6.63. The molecule has 160 valence electrons. The van der Waals surface area contributed by atoms with Crippen LogP contribution < -0.4 is 10.1 Å². The van der Waals surface area contributed by atoms with E-state index >= 15 is 0 Å². The molecule has 0 saturated carbocycles. The summed E-state index contributed by atoms with van der Waals surface area (Å²) in [6.07, 6.45) is 1.08. The van der Waals surface area contributed by atoms with Crippen LogP contribution in [0.15, 0.2) is 78.9 Å². The van der Waals surface area contributed by atoms with Gasteiger partial charge in [-0.05, 0) is 17.5 Å². The van der Waals surface area contributed by atoms with Crippen molar-refractivity contribution in [2.45, 2.75) is 12.5 Å². The first-order valence-corrected chi connectivity index (χ1v) is 9.76. The molecule has 0 heterocycles. The van der Waals surface area contributed by atoms with Gasteiger partial charge in [0.15, 0.2) is 0 Å². The summed E-state index contributed by atoms with van der Waals surface area (Å²) in [6.45, 7) is -0.0861. The highest BCUT2D eigenvalue weighted by molar-refractivity contribution is 6.00. The Bertz CT molecular complexity index is 1070. The number of fused-ring (bicyclic) bond motifs is 1. The third kappa shape index (κ3) is 6.07. The van der Waals surface area contributed by atoms with Crippen LogP contribution in [0.1, 0.15) is 18.1 Å². The number of aliphatic carboxylic acids is 1. The summed E-state index contributed by atoms with van der Waals surface area (Å²) in [5, 5.41) is 22.6. The van der Waals surface area contributed by atoms with Crippen LogP contribution in [0.2, 0.25) is 0 Å². The van der Waals surface area contributed by atoms with Crippen molar-refractivity contribution in [3.8, 4) is 5.75 Å². The van der Waals surface area contributed by atoms with E-state index in [0.717, 1.165) is 16.8 Å². The average molecular weight is 421 g/mol. The third-order valence-corrected chi connectivity index (χ3v) is 4.50. The van der Waals surface area contributed by atoms with Gasteiger partial charge in [0.25, 0.3) is 0 Å². The molecule has 0 saturated heterocycles. The highest BCUT2D eigenvalue weighted by Gasteiger charge is 2.20. The molecule has 0 aromatic heterocycles. The Morgan fingerprint density at radius 3 is 2.55 bits per heavy atom. The standard InChI is InChI=1S/C24H23NO6/c26-15-16-30-21-12-4-3-10-19(21)22(13-6-14-23(27)28)31-24(29)25-20-11-5-8-17-7-1-2-9-18(17)20/h1-12,14,22,26H,13,15-16H2,(H,25,29)(H,27,28)/b14-6+/t22-/m0/s1. The van der Waals surface area contributed by atoms with Crippen molar-refractivity contribution >= 4 is 28.5 Å². The lowest BCUT2D eigenvalue weighted by atomic mass is 10.0. The van der Waals surface area contributed by atoms with E-state index in [1.165, 1.54) is 6.08 Å². The van der Waals surface area contributed by atoms with E-state index in [-0.39, 0.29) is 19.6 Å². The Kier molecular flexibility index (Phi) is 7.61. The van der Waals surface area contributed by atoms with Crippen LogP contribution in [0.3, 0.4) is 0 Å². The minimum atomic E-state index is -1.09. The van der Waals surface area contributed by atoms with E-state index in [1.807, 2.05) is 36.4 Å². The highest BCUT2D eigenvalue weighted by Crippen LogP contribution is 2.31. The molecule has 0 aliphatic heterocycles. The molecule has 3 aromatic carbocycles. The largest absolute Gasteiger partial charge is 0.491 e. The number of carboxylic acid groups (broad SMARTS) is 1. The number of carboxylic acids is 1. The van der Waals surface area contributed by atoms with Crippen molar-refractivity contribution in [1.29, 1.82) is 0 Å². The van der Waals surface area contributed by atoms with Crippen molar-refractivity contribution in [3.05, 3.63) is 84.4 Å². The zero-order chi connectivity index (χ0) is 22.1. The van der Waals surface area contributed by atoms with Crippen LogP contribution in [0.25, 0.3) is 10.8 Å². The van der Waals surface area contributed by atoms with E-state index in [9.17, 15) is 9.59 Å². The lowest BCUT2D eigenvalue weighted by Gasteiger charge is -2.20. The number of aliphatic hydroxyl groups excluding tert-OH is 1. The molecule has 0 bridgehead atoms. The highest BCUT2D eigenvalue weighted by atomic mass is 16.6. The molecule has 7 nitrogen and oxygen atoms in total. The fraction of sp³-hybridized carbons (Fsp3) is 0.167. The first kappa shape index (κ1) is 21.9. The molecule has 1 amide bonds. The summed E-state index contributed by atoms with van der Waals surface area (Å²) in [5.41, 5.74) is 1.17. The molecule has 7 heteroatoms. The maximum atomic E-state index is 12.7. The van der Waals surface area contributed by atoms with Gasteiger partial charge in [-0.1, -0.05) is 60.7 Å². The maximum Gasteiger partial charge on any atom is 0.412 e. The number of carbonyl (C=O) groups is 2. The lowest BCUT2D eigenvalue weighted by molar-refractivity contribution is -0.131. The number of carbonyl (C=O) groups excluding carboxylic acids is 1. The van der Waals surface area contributed by atoms with Gasteiger partial charge < -0.3 is 19.7 Å². The van der Waals surface area contributed by atoms with E-state index in [2.05, 4.69) is 5.32 Å². The predicted octanol–water partition coefficient (Wildman–Crippen LogP) is 4.53. The van der Waals surface area contributed by atoms with Gasteiger partial charge in [-0.2, -0.15) is 0 Å². The molecule has 3 aromatic rings. The normalized spacial score (nSPS) is 11.9. The topological polar surface area (TPSA) is 105 Å². The van der Waals surface area contributed by atoms with Gasteiger partial charge >= 0.3 is 12.1 Å². The number of aliphatic hydroxyl groups is 1. The Labute approximate surface area is 179 Å². The molecule has 3 rings (SSSR count). The first-order valence-electron chi connectivity index (χ1n) is 9.76. The lowest BCUT2D eigenvalue weighted by Crippen LogP contribution is -2.18. The van der Waals surface area contributed by atoms with Crippen LogP contribution in [-0.2, 0) is 9.53 Å². The van der Waals surface area contributed by atoms with Gasteiger partial charge in [0, 0.05) is 23.4 Å².